The average molecular weight is 286 g/mol. The Hall–Kier alpha value is -0.410. The van der Waals surface area contributed by atoms with E-state index in [9.17, 15) is 4.39 Å². The molecule has 0 spiro atoms. The van der Waals surface area contributed by atoms with Gasteiger partial charge in [0.15, 0.2) is 0 Å². The van der Waals surface area contributed by atoms with Crippen molar-refractivity contribution in [3.63, 3.8) is 0 Å². The molecule has 0 saturated heterocycles. The SMILES string of the molecule is CCNCC1CC1(C)c1ccc(F)cc1Br. The van der Waals surface area contributed by atoms with Gasteiger partial charge >= 0.3 is 0 Å². The third-order valence-electron chi connectivity index (χ3n) is 3.60. The van der Waals surface area contributed by atoms with Crippen LogP contribution in [0.3, 0.4) is 0 Å². The average Bonchev–Trinajstić information content (AvgIpc) is 2.87. The Morgan fingerprint density at radius 3 is 2.94 bits per heavy atom. The molecule has 0 radical (unpaired) electrons. The molecule has 3 heteroatoms. The highest BCUT2D eigenvalue weighted by atomic mass is 79.9. The molecule has 0 aliphatic heterocycles. The summed E-state index contributed by atoms with van der Waals surface area (Å²) in [6.07, 6.45) is 1.18. The van der Waals surface area contributed by atoms with E-state index in [2.05, 4.69) is 35.1 Å². The fourth-order valence-electron chi connectivity index (χ4n) is 2.35. The Labute approximate surface area is 105 Å². The molecule has 1 aliphatic rings. The van der Waals surface area contributed by atoms with E-state index in [0.29, 0.717) is 5.92 Å². The van der Waals surface area contributed by atoms with Gasteiger partial charge in [0.05, 0.1) is 0 Å². The lowest BCUT2D eigenvalue weighted by atomic mass is 9.95. The van der Waals surface area contributed by atoms with Crippen LogP contribution in [-0.2, 0) is 5.41 Å². The maximum Gasteiger partial charge on any atom is 0.124 e. The number of nitrogens with one attached hydrogen (secondary N) is 1. The second-order valence-corrected chi connectivity index (χ2v) is 5.60. The van der Waals surface area contributed by atoms with Crippen molar-refractivity contribution in [2.45, 2.75) is 25.7 Å². The van der Waals surface area contributed by atoms with E-state index in [4.69, 9.17) is 0 Å². The Kier molecular flexibility index (Phi) is 3.36. The van der Waals surface area contributed by atoms with E-state index >= 15 is 0 Å². The van der Waals surface area contributed by atoms with Crippen LogP contribution in [0, 0.1) is 11.7 Å². The zero-order valence-electron chi connectivity index (χ0n) is 9.69. The highest BCUT2D eigenvalue weighted by Crippen LogP contribution is 2.55. The molecule has 0 amide bonds. The maximum atomic E-state index is 13.0. The van der Waals surface area contributed by atoms with Crippen molar-refractivity contribution in [3.8, 4) is 0 Å². The number of benzene rings is 1. The van der Waals surface area contributed by atoms with Gasteiger partial charge in [-0.25, -0.2) is 4.39 Å². The van der Waals surface area contributed by atoms with E-state index in [1.165, 1.54) is 12.0 Å². The lowest BCUT2D eigenvalue weighted by molar-refractivity contribution is 0.586. The molecule has 1 aliphatic carbocycles. The van der Waals surface area contributed by atoms with Crippen molar-refractivity contribution in [2.75, 3.05) is 13.1 Å². The minimum atomic E-state index is -0.178. The first-order chi connectivity index (χ1) is 7.58. The smallest absolute Gasteiger partial charge is 0.124 e. The van der Waals surface area contributed by atoms with Gasteiger partial charge in [-0.1, -0.05) is 35.8 Å². The largest absolute Gasteiger partial charge is 0.317 e. The molecule has 2 rings (SSSR count). The fraction of sp³-hybridized carbons (Fsp3) is 0.538. The topological polar surface area (TPSA) is 12.0 Å². The highest BCUT2D eigenvalue weighted by Gasteiger charge is 2.51. The summed E-state index contributed by atoms with van der Waals surface area (Å²) >= 11 is 3.46. The van der Waals surface area contributed by atoms with Crippen molar-refractivity contribution in [2.24, 2.45) is 5.92 Å². The number of rotatable bonds is 4. The van der Waals surface area contributed by atoms with Crippen molar-refractivity contribution in [1.29, 1.82) is 0 Å². The van der Waals surface area contributed by atoms with Gasteiger partial charge in [0.2, 0.25) is 0 Å². The Bertz CT molecular complexity index is 394. The normalized spacial score (nSPS) is 28.1. The molecule has 1 aromatic rings. The fourth-order valence-corrected chi connectivity index (χ4v) is 3.16. The molecule has 16 heavy (non-hydrogen) atoms. The van der Waals surface area contributed by atoms with Gasteiger partial charge in [0, 0.05) is 4.47 Å². The zero-order chi connectivity index (χ0) is 11.8. The third kappa shape index (κ3) is 2.16. The Morgan fingerprint density at radius 2 is 2.31 bits per heavy atom. The quantitative estimate of drug-likeness (QED) is 0.893. The number of halogens is 2. The van der Waals surface area contributed by atoms with E-state index < -0.39 is 0 Å². The van der Waals surface area contributed by atoms with Crippen LogP contribution < -0.4 is 5.32 Å². The Morgan fingerprint density at radius 1 is 1.56 bits per heavy atom. The van der Waals surface area contributed by atoms with Crippen molar-refractivity contribution in [3.05, 3.63) is 34.1 Å². The van der Waals surface area contributed by atoms with E-state index in [-0.39, 0.29) is 11.2 Å². The summed E-state index contributed by atoms with van der Waals surface area (Å²) in [6, 6.07) is 5.02. The van der Waals surface area contributed by atoms with Crippen LogP contribution in [0.1, 0.15) is 25.8 Å². The summed E-state index contributed by atoms with van der Waals surface area (Å²) < 4.78 is 13.9. The number of hydrogen-bond donors (Lipinski definition) is 1. The molecule has 1 nitrogen and oxygen atoms in total. The molecule has 2 atom stereocenters. The lowest BCUT2D eigenvalue weighted by Crippen LogP contribution is -2.19. The highest BCUT2D eigenvalue weighted by molar-refractivity contribution is 9.10. The summed E-state index contributed by atoms with van der Waals surface area (Å²) in [5.41, 5.74) is 1.45. The molecule has 88 valence electrons. The van der Waals surface area contributed by atoms with Gasteiger partial charge in [-0.05, 0) is 48.5 Å². The van der Waals surface area contributed by atoms with Crippen LogP contribution >= 0.6 is 15.9 Å². The van der Waals surface area contributed by atoms with Crippen LogP contribution in [0.5, 0.6) is 0 Å². The van der Waals surface area contributed by atoms with Gasteiger partial charge in [-0.15, -0.1) is 0 Å². The second-order valence-electron chi connectivity index (χ2n) is 4.75. The minimum absolute atomic E-state index is 0.178. The first-order valence-electron chi connectivity index (χ1n) is 5.74. The predicted molar refractivity (Wildman–Crippen MR) is 68.1 cm³/mol. The third-order valence-corrected chi connectivity index (χ3v) is 4.25. The molecule has 1 saturated carbocycles. The van der Waals surface area contributed by atoms with Gasteiger partial charge in [-0.2, -0.15) is 0 Å². The first kappa shape index (κ1) is 12.1. The number of hydrogen-bond acceptors (Lipinski definition) is 1. The van der Waals surface area contributed by atoms with E-state index in [0.717, 1.165) is 17.6 Å². The van der Waals surface area contributed by atoms with Crippen molar-refractivity contribution in [1.82, 2.24) is 5.32 Å². The van der Waals surface area contributed by atoms with Crippen molar-refractivity contribution >= 4 is 15.9 Å². The summed E-state index contributed by atoms with van der Waals surface area (Å²) in [5, 5.41) is 3.38. The molecule has 0 aromatic heterocycles. The maximum absolute atomic E-state index is 13.0. The van der Waals surface area contributed by atoms with Gasteiger partial charge < -0.3 is 5.32 Å². The molecule has 0 heterocycles. The van der Waals surface area contributed by atoms with Gasteiger partial charge in [0.25, 0.3) is 0 Å². The van der Waals surface area contributed by atoms with Crippen LogP contribution in [-0.4, -0.2) is 13.1 Å². The molecule has 1 aromatic carbocycles. The standard InChI is InChI=1S/C13H17BrFN/c1-3-16-8-9-7-13(9,2)11-5-4-10(15)6-12(11)14/h4-6,9,16H,3,7-8H2,1-2H3. The molecule has 0 bridgehead atoms. The van der Waals surface area contributed by atoms with Crippen molar-refractivity contribution < 1.29 is 4.39 Å². The summed E-state index contributed by atoms with van der Waals surface area (Å²) in [5.74, 6) is 0.498. The minimum Gasteiger partial charge on any atom is -0.317 e. The zero-order valence-corrected chi connectivity index (χ0v) is 11.3. The van der Waals surface area contributed by atoms with Gasteiger partial charge in [0.1, 0.15) is 5.82 Å². The van der Waals surface area contributed by atoms with Crippen LogP contribution in [0.15, 0.2) is 22.7 Å². The Balaban J connectivity index is 2.13. The van der Waals surface area contributed by atoms with Gasteiger partial charge in [-0.3, -0.25) is 0 Å². The van der Waals surface area contributed by atoms with E-state index in [1.807, 2.05) is 6.07 Å². The molecule has 2 unspecified atom stereocenters. The molecular formula is C13H17BrFN. The predicted octanol–water partition coefficient (Wildman–Crippen LogP) is 3.48. The summed E-state index contributed by atoms with van der Waals surface area (Å²) in [6.45, 7) is 6.44. The second kappa shape index (κ2) is 4.46. The molecular weight excluding hydrogens is 269 g/mol. The first-order valence-corrected chi connectivity index (χ1v) is 6.53. The van der Waals surface area contributed by atoms with Crippen LogP contribution in [0.2, 0.25) is 0 Å². The lowest BCUT2D eigenvalue weighted by Gasteiger charge is -2.14. The van der Waals surface area contributed by atoms with E-state index in [1.54, 1.807) is 12.1 Å². The summed E-state index contributed by atoms with van der Waals surface area (Å²) in [4.78, 5) is 0. The van der Waals surface area contributed by atoms with Crippen LogP contribution in [0.25, 0.3) is 0 Å². The monoisotopic (exact) mass is 285 g/mol. The van der Waals surface area contributed by atoms with Crippen LogP contribution in [0.4, 0.5) is 4.39 Å². The summed E-state index contributed by atoms with van der Waals surface area (Å²) in [7, 11) is 0. The molecule has 1 N–H and O–H groups in total. The molecule has 1 fully saturated rings.